The van der Waals surface area contributed by atoms with Crippen molar-refractivity contribution < 1.29 is 14.1 Å². The molecule has 0 aliphatic heterocycles. The van der Waals surface area contributed by atoms with Crippen molar-refractivity contribution in [1.82, 2.24) is 5.32 Å². The van der Waals surface area contributed by atoms with E-state index in [-0.39, 0.29) is 29.2 Å². The molecule has 0 radical (unpaired) electrons. The van der Waals surface area contributed by atoms with Crippen molar-refractivity contribution in [2.45, 2.75) is 13.0 Å². The van der Waals surface area contributed by atoms with Crippen LogP contribution in [-0.4, -0.2) is 17.4 Å². The number of nitro groups is 1. The molecule has 0 aliphatic rings. The molecule has 0 aliphatic carbocycles. The molecule has 0 bridgehead atoms. The molecule has 2 N–H and O–H groups in total. The Bertz CT molecular complexity index is 673. The van der Waals surface area contributed by atoms with Gasteiger partial charge in [-0.05, 0) is 25.1 Å². The predicted octanol–water partition coefficient (Wildman–Crippen LogP) is 3.13. The number of nitrogens with one attached hydrogen (secondary N) is 2. The summed E-state index contributed by atoms with van der Waals surface area (Å²) in [5.74, 6) is 0.412. The lowest BCUT2D eigenvalue weighted by Gasteiger charge is -2.12. The number of non-ortho nitro benzene ring substituents is 1. The number of benzene rings is 1. The predicted molar refractivity (Wildman–Crippen MR) is 81.9 cm³/mol. The third kappa shape index (κ3) is 4.06. The van der Waals surface area contributed by atoms with Crippen LogP contribution in [0.15, 0.2) is 41.0 Å². The van der Waals surface area contributed by atoms with E-state index in [0.29, 0.717) is 5.69 Å². The molecule has 0 saturated heterocycles. The SMILES string of the molecule is C[C@H](NCC(=O)Nc1ccc([N+](=O)[O-])cc1Cl)c1ccco1. The Kier molecular flexibility index (Phi) is 5.13. The average Bonchev–Trinajstić information content (AvgIpc) is 3.01. The van der Waals surface area contributed by atoms with E-state index < -0.39 is 4.92 Å². The summed E-state index contributed by atoms with van der Waals surface area (Å²) in [5, 5.41) is 16.3. The fraction of sp³-hybridized carbons (Fsp3) is 0.214. The molecule has 1 amide bonds. The number of hydrogen-bond acceptors (Lipinski definition) is 5. The van der Waals surface area contributed by atoms with Crippen molar-refractivity contribution in [2.75, 3.05) is 11.9 Å². The van der Waals surface area contributed by atoms with Crippen molar-refractivity contribution in [1.29, 1.82) is 0 Å². The minimum absolute atomic E-state index is 0.0508. The number of amides is 1. The van der Waals surface area contributed by atoms with Gasteiger partial charge in [-0.15, -0.1) is 0 Å². The molecule has 1 aromatic carbocycles. The third-order valence-corrected chi connectivity index (χ3v) is 3.29. The number of carbonyl (C=O) groups excluding carboxylic acids is 1. The second-order valence-corrected chi connectivity index (χ2v) is 4.99. The maximum Gasteiger partial charge on any atom is 0.271 e. The van der Waals surface area contributed by atoms with Crippen LogP contribution in [0.1, 0.15) is 18.7 Å². The highest BCUT2D eigenvalue weighted by Gasteiger charge is 2.13. The van der Waals surface area contributed by atoms with Gasteiger partial charge in [0.15, 0.2) is 0 Å². The molecule has 0 fully saturated rings. The number of carbonyl (C=O) groups is 1. The van der Waals surface area contributed by atoms with E-state index in [1.165, 1.54) is 18.2 Å². The van der Waals surface area contributed by atoms with E-state index in [2.05, 4.69) is 10.6 Å². The zero-order chi connectivity index (χ0) is 16.1. The number of furan rings is 1. The van der Waals surface area contributed by atoms with Gasteiger partial charge in [-0.1, -0.05) is 11.6 Å². The monoisotopic (exact) mass is 323 g/mol. The molecule has 1 atom stereocenters. The van der Waals surface area contributed by atoms with Gasteiger partial charge < -0.3 is 9.73 Å². The van der Waals surface area contributed by atoms with E-state index >= 15 is 0 Å². The standard InChI is InChI=1S/C14H14ClN3O4/c1-9(13-3-2-6-22-13)16-8-14(19)17-12-5-4-10(18(20)21)7-11(12)15/h2-7,9,16H,8H2,1H3,(H,17,19)/t9-/m0/s1. The Morgan fingerprint density at radius 3 is 2.82 bits per heavy atom. The lowest BCUT2D eigenvalue weighted by atomic mass is 10.2. The van der Waals surface area contributed by atoms with Crippen LogP contribution in [0, 0.1) is 10.1 Å². The summed E-state index contributed by atoms with van der Waals surface area (Å²) in [6, 6.07) is 7.32. The van der Waals surface area contributed by atoms with E-state index in [1.54, 1.807) is 12.3 Å². The van der Waals surface area contributed by atoms with Gasteiger partial charge in [-0.2, -0.15) is 0 Å². The van der Waals surface area contributed by atoms with Gasteiger partial charge >= 0.3 is 0 Å². The summed E-state index contributed by atoms with van der Waals surface area (Å²) in [5.41, 5.74) is 0.192. The molecule has 22 heavy (non-hydrogen) atoms. The lowest BCUT2D eigenvalue weighted by Crippen LogP contribution is -2.30. The van der Waals surface area contributed by atoms with E-state index in [4.69, 9.17) is 16.0 Å². The minimum Gasteiger partial charge on any atom is -0.468 e. The van der Waals surface area contributed by atoms with Crippen LogP contribution in [0.25, 0.3) is 0 Å². The molecule has 8 heteroatoms. The van der Waals surface area contributed by atoms with E-state index in [9.17, 15) is 14.9 Å². The molecular formula is C14H14ClN3O4. The average molecular weight is 324 g/mol. The zero-order valence-corrected chi connectivity index (χ0v) is 12.5. The normalized spacial score (nSPS) is 11.9. The fourth-order valence-electron chi connectivity index (χ4n) is 1.80. The van der Waals surface area contributed by atoms with Gasteiger partial charge in [0.05, 0.1) is 34.5 Å². The zero-order valence-electron chi connectivity index (χ0n) is 11.7. The summed E-state index contributed by atoms with van der Waals surface area (Å²) < 4.78 is 5.22. The molecule has 116 valence electrons. The number of anilines is 1. The number of halogens is 1. The van der Waals surface area contributed by atoms with Gasteiger partial charge in [-0.25, -0.2) is 0 Å². The summed E-state index contributed by atoms with van der Waals surface area (Å²) >= 11 is 5.91. The number of nitro benzene ring substituents is 1. The van der Waals surface area contributed by atoms with Crippen LogP contribution in [0.4, 0.5) is 11.4 Å². The Morgan fingerprint density at radius 2 is 2.23 bits per heavy atom. The molecule has 2 aromatic rings. The molecule has 0 saturated carbocycles. The lowest BCUT2D eigenvalue weighted by molar-refractivity contribution is -0.384. The Hall–Kier alpha value is -2.38. The van der Waals surface area contributed by atoms with Crippen molar-refractivity contribution in [3.63, 3.8) is 0 Å². The largest absolute Gasteiger partial charge is 0.468 e. The van der Waals surface area contributed by atoms with Gasteiger partial charge in [0.25, 0.3) is 5.69 Å². The van der Waals surface area contributed by atoms with Crippen LogP contribution in [-0.2, 0) is 4.79 Å². The molecule has 1 heterocycles. The minimum atomic E-state index is -0.552. The van der Waals surface area contributed by atoms with Crippen molar-refractivity contribution in [3.05, 3.63) is 57.5 Å². The van der Waals surface area contributed by atoms with Gasteiger partial charge in [0.2, 0.25) is 5.91 Å². The van der Waals surface area contributed by atoms with Crippen LogP contribution in [0.3, 0.4) is 0 Å². The van der Waals surface area contributed by atoms with Gasteiger partial charge in [0.1, 0.15) is 5.76 Å². The Labute approximate surface area is 131 Å². The fourth-order valence-corrected chi connectivity index (χ4v) is 2.02. The van der Waals surface area contributed by atoms with E-state index in [0.717, 1.165) is 5.76 Å². The quantitative estimate of drug-likeness (QED) is 0.628. The van der Waals surface area contributed by atoms with Crippen LogP contribution >= 0.6 is 11.6 Å². The first-order chi connectivity index (χ1) is 10.5. The Balaban J connectivity index is 1.91. The van der Waals surface area contributed by atoms with Crippen molar-refractivity contribution >= 4 is 28.9 Å². The van der Waals surface area contributed by atoms with Crippen molar-refractivity contribution in [3.8, 4) is 0 Å². The second-order valence-electron chi connectivity index (χ2n) is 4.59. The summed E-state index contributed by atoms with van der Waals surface area (Å²) in [6.45, 7) is 1.92. The maximum absolute atomic E-state index is 11.9. The third-order valence-electron chi connectivity index (χ3n) is 2.98. The van der Waals surface area contributed by atoms with Crippen LogP contribution in [0.5, 0.6) is 0 Å². The molecule has 0 unspecified atom stereocenters. The summed E-state index contributed by atoms with van der Waals surface area (Å²) in [7, 11) is 0. The summed E-state index contributed by atoms with van der Waals surface area (Å²) in [4.78, 5) is 21.9. The topological polar surface area (TPSA) is 97.4 Å². The van der Waals surface area contributed by atoms with Crippen molar-refractivity contribution in [2.24, 2.45) is 0 Å². The first-order valence-electron chi connectivity index (χ1n) is 6.48. The van der Waals surface area contributed by atoms with Gasteiger partial charge in [-0.3, -0.25) is 20.2 Å². The van der Waals surface area contributed by atoms with Gasteiger partial charge in [0, 0.05) is 12.1 Å². The maximum atomic E-state index is 11.9. The highest BCUT2D eigenvalue weighted by Crippen LogP contribution is 2.26. The molecule has 2 rings (SSSR count). The highest BCUT2D eigenvalue weighted by molar-refractivity contribution is 6.34. The molecule has 0 spiro atoms. The number of rotatable bonds is 6. The second kappa shape index (κ2) is 7.06. The molecular weight excluding hydrogens is 310 g/mol. The summed E-state index contributed by atoms with van der Waals surface area (Å²) in [6.07, 6.45) is 1.56. The smallest absolute Gasteiger partial charge is 0.271 e. The first-order valence-corrected chi connectivity index (χ1v) is 6.85. The van der Waals surface area contributed by atoms with Crippen LogP contribution < -0.4 is 10.6 Å². The highest BCUT2D eigenvalue weighted by atomic mass is 35.5. The Morgan fingerprint density at radius 1 is 1.45 bits per heavy atom. The van der Waals surface area contributed by atoms with Crippen LogP contribution in [0.2, 0.25) is 5.02 Å². The number of hydrogen-bond donors (Lipinski definition) is 2. The number of nitrogens with zero attached hydrogens (tertiary/aromatic N) is 1. The first kappa shape index (κ1) is 16.0. The molecule has 1 aromatic heterocycles. The van der Waals surface area contributed by atoms with E-state index in [1.807, 2.05) is 13.0 Å². The molecule has 7 nitrogen and oxygen atoms in total.